The van der Waals surface area contributed by atoms with Crippen LogP contribution in [0.15, 0.2) is 0 Å². The van der Waals surface area contributed by atoms with Crippen molar-refractivity contribution in [2.75, 3.05) is 19.6 Å². The van der Waals surface area contributed by atoms with Gasteiger partial charge in [0, 0.05) is 6.54 Å². The Morgan fingerprint density at radius 2 is 1.94 bits per heavy atom. The van der Waals surface area contributed by atoms with Crippen molar-refractivity contribution < 1.29 is 5.11 Å². The molecule has 3 heteroatoms. The van der Waals surface area contributed by atoms with Crippen LogP contribution in [-0.4, -0.2) is 40.8 Å². The Bertz CT molecular complexity index is 261. The number of likely N-dealkylation sites (N-methyl/N-ethyl adjacent to an activating group) is 1. The molecule has 1 aliphatic heterocycles. The van der Waals surface area contributed by atoms with E-state index in [0.29, 0.717) is 0 Å². The maximum atomic E-state index is 10.9. The minimum absolute atomic E-state index is 0.374. The molecule has 0 aromatic heterocycles. The van der Waals surface area contributed by atoms with Crippen molar-refractivity contribution in [3.63, 3.8) is 0 Å². The summed E-state index contributed by atoms with van der Waals surface area (Å²) < 4.78 is 0. The summed E-state index contributed by atoms with van der Waals surface area (Å²) in [6.07, 6.45) is 6.14. The molecule has 0 spiro atoms. The molecule has 0 aromatic carbocycles. The fourth-order valence-electron chi connectivity index (χ4n) is 3.56. The van der Waals surface area contributed by atoms with E-state index in [1.54, 1.807) is 0 Å². The molecule has 1 heterocycles. The summed E-state index contributed by atoms with van der Waals surface area (Å²) >= 11 is 0. The lowest BCUT2D eigenvalue weighted by Gasteiger charge is -2.52. The van der Waals surface area contributed by atoms with Crippen LogP contribution >= 0.6 is 0 Å². The number of nitrogens with two attached hydrogens (primary N) is 1. The van der Waals surface area contributed by atoms with Crippen molar-refractivity contribution in [1.29, 1.82) is 0 Å². The van der Waals surface area contributed by atoms with Gasteiger partial charge in [0.1, 0.15) is 0 Å². The van der Waals surface area contributed by atoms with Crippen LogP contribution in [0.2, 0.25) is 0 Å². The topological polar surface area (TPSA) is 49.5 Å². The van der Waals surface area contributed by atoms with Gasteiger partial charge in [-0.05, 0) is 57.5 Å². The van der Waals surface area contributed by atoms with E-state index in [9.17, 15) is 5.11 Å². The van der Waals surface area contributed by atoms with E-state index in [0.717, 1.165) is 64.1 Å². The molecule has 0 aromatic rings. The molecule has 3 nitrogen and oxygen atoms in total. The average molecular weight is 240 g/mol. The van der Waals surface area contributed by atoms with Crippen LogP contribution < -0.4 is 5.73 Å². The molecule has 0 radical (unpaired) electrons. The van der Waals surface area contributed by atoms with Crippen molar-refractivity contribution in [2.45, 2.75) is 63.5 Å². The molecule has 1 atom stereocenters. The summed E-state index contributed by atoms with van der Waals surface area (Å²) in [6.45, 7) is 7.52. The monoisotopic (exact) mass is 240 g/mol. The summed E-state index contributed by atoms with van der Waals surface area (Å²) in [5, 5.41) is 10.9. The molecule has 1 saturated heterocycles. The highest BCUT2D eigenvalue weighted by Crippen LogP contribution is 2.41. The van der Waals surface area contributed by atoms with Crippen LogP contribution in [0.4, 0.5) is 0 Å². The minimum atomic E-state index is -0.618. The summed E-state index contributed by atoms with van der Waals surface area (Å²) in [5.41, 5.74) is 5.60. The van der Waals surface area contributed by atoms with E-state index >= 15 is 0 Å². The second kappa shape index (κ2) is 4.87. The fourth-order valence-corrected chi connectivity index (χ4v) is 3.56. The third kappa shape index (κ3) is 2.51. The zero-order valence-corrected chi connectivity index (χ0v) is 11.4. The van der Waals surface area contributed by atoms with Gasteiger partial charge in [-0.25, -0.2) is 0 Å². The lowest BCUT2D eigenvalue weighted by atomic mass is 9.66. The van der Waals surface area contributed by atoms with Gasteiger partial charge in [0.05, 0.1) is 11.1 Å². The van der Waals surface area contributed by atoms with Crippen LogP contribution in [0.25, 0.3) is 0 Å². The maximum Gasteiger partial charge on any atom is 0.0839 e. The maximum absolute atomic E-state index is 10.9. The van der Waals surface area contributed by atoms with E-state index < -0.39 is 5.60 Å². The first-order chi connectivity index (χ1) is 7.99. The number of nitrogens with zero attached hydrogens (tertiary/aromatic N) is 1. The van der Waals surface area contributed by atoms with Gasteiger partial charge in [0.25, 0.3) is 0 Å². The van der Waals surface area contributed by atoms with E-state index in [4.69, 9.17) is 5.73 Å². The van der Waals surface area contributed by atoms with Crippen LogP contribution in [0.3, 0.4) is 0 Å². The standard InChI is InChI=1S/C14H28N2O/c1-3-16-10-4-7-13(15,11-16)14(17)8-5-12(2)6-9-14/h12,17H,3-11,15H2,1-2H3. The molecule has 2 fully saturated rings. The van der Waals surface area contributed by atoms with Crippen LogP contribution in [0.5, 0.6) is 0 Å². The molecule has 0 amide bonds. The summed E-state index contributed by atoms with van der Waals surface area (Å²) in [6, 6.07) is 0. The van der Waals surface area contributed by atoms with Gasteiger partial charge in [-0.2, -0.15) is 0 Å². The van der Waals surface area contributed by atoms with Crippen molar-refractivity contribution >= 4 is 0 Å². The SMILES string of the molecule is CCN1CCCC(N)(C2(O)CCC(C)CC2)C1. The Morgan fingerprint density at radius 1 is 1.29 bits per heavy atom. The lowest BCUT2D eigenvalue weighted by Crippen LogP contribution is -2.68. The van der Waals surface area contributed by atoms with E-state index in [1.807, 2.05) is 0 Å². The molecule has 100 valence electrons. The zero-order chi connectivity index (χ0) is 12.5. The molecule has 0 bridgehead atoms. The van der Waals surface area contributed by atoms with E-state index in [-0.39, 0.29) is 5.54 Å². The smallest absolute Gasteiger partial charge is 0.0839 e. The fraction of sp³-hybridized carbons (Fsp3) is 1.00. The number of hydrogen-bond acceptors (Lipinski definition) is 3. The Labute approximate surface area is 105 Å². The van der Waals surface area contributed by atoms with Gasteiger partial charge >= 0.3 is 0 Å². The Hall–Kier alpha value is -0.120. The van der Waals surface area contributed by atoms with Gasteiger partial charge in [-0.1, -0.05) is 13.8 Å². The van der Waals surface area contributed by atoms with Crippen LogP contribution in [-0.2, 0) is 0 Å². The number of likely N-dealkylation sites (tertiary alicyclic amines) is 1. The Morgan fingerprint density at radius 3 is 2.53 bits per heavy atom. The quantitative estimate of drug-likeness (QED) is 0.773. The van der Waals surface area contributed by atoms with Crippen molar-refractivity contribution in [3.05, 3.63) is 0 Å². The Balaban J connectivity index is 2.08. The van der Waals surface area contributed by atoms with Crippen LogP contribution in [0, 0.1) is 5.92 Å². The highest BCUT2D eigenvalue weighted by Gasteiger charge is 2.50. The molecular formula is C14H28N2O. The molecule has 1 unspecified atom stereocenters. The molecule has 1 saturated carbocycles. The van der Waals surface area contributed by atoms with Crippen molar-refractivity contribution in [1.82, 2.24) is 4.90 Å². The third-order valence-corrected chi connectivity index (χ3v) is 5.08. The van der Waals surface area contributed by atoms with Gasteiger partial charge in [-0.3, -0.25) is 0 Å². The second-order valence-corrected chi connectivity index (χ2v) is 6.34. The highest BCUT2D eigenvalue weighted by atomic mass is 16.3. The predicted molar refractivity (Wildman–Crippen MR) is 70.8 cm³/mol. The summed E-state index contributed by atoms with van der Waals surface area (Å²) in [4.78, 5) is 2.39. The lowest BCUT2D eigenvalue weighted by molar-refractivity contribution is -0.0948. The van der Waals surface area contributed by atoms with Gasteiger partial charge < -0.3 is 15.7 Å². The number of piperidine rings is 1. The molecule has 2 aliphatic rings. The van der Waals surface area contributed by atoms with E-state index in [1.165, 1.54) is 0 Å². The second-order valence-electron chi connectivity index (χ2n) is 6.34. The minimum Gasteiger partial charge on any atom is -0.388 e. The first-order valence-electron chi connectivity index (χ1n) is 7.23. The number of rotatable bonds is 2. The largest absolute Gasteiger partial charge is 0.388 e. The third-order valence-electron chi connectivity index (χ3n) is 5.08. The molecule has 2 rings (SSSR count). The first kappa shape index (κ1) is 13.3. The molecule has 3 N–H and O–H groups in total. The first-order valence-corrected chi connectivity index (χ1v) is 7.23. The normalized spacial score (nSPS) is 44.8. The van der Waals surface area contributed by atoms with Crippen LogP contribution in [0.1, 0.15) is 52.4 Å². The van der Waals surface area contributed by atoms with Crippen molar-refractivity contribution in [3.8, 4) is 0 Å². The summed E-state index contributed by atoms with van der Waals surface area (Å²) in [5.74, 6) is 0.754. The Kier molecular flexibility index (Phi) is 3.81. The highest BCUT2D eigenvalue weighted by molar-refractivity contribution is 5.08. The average Bonchev–Trinajstić information content (AvgIpc) is 2.33. The van der Waals surface area contributed by atoms with Gasteiger partial charge in [0.15, 0.2) is 0 Å². The molecule has 17 heavy (non-hydrogen) atoms. The predicted octanol–water partition coefficient (Wildman–Crippen LogP) is 1.74. The van der Waals surface area contributed by atoms with E-state index in [2.05, 4.69) is 18.7 Å². The summed E-state index contributed by atoms with van der Waals surface area (Å²) in [7, 11) is 0. The van der Waals surface area contributed by atoms with Crippen molar-refractivity contribution in [2.24, 2.45) is 11.7 Å². The zero-order valence-electron chi connectivity index (χ0n) is 11.4. The molecular weight excluding hydrogens is 212 g/mol. The number of aliphatic hydroxyl groups is 1. The van der Waals surface area contributed by atoms with Gasteiger partial charge in [0.2, 0.25) is 0 Å². The van der Waals surface area contributed by atoms with Gasteiger partial charge in [-0.15, -0.1) is 0 Å². The molecule has 1 aliphatic carbocycles. The number of hydrogen-bond donors (Lipinski definition) is 2.